The van der Waals surface area contributed by atoms with E-state index >= 15 is 0 Å². The first-order valence-electron chi connectivity index (χ1n) is 6.67. The first-order chi connectivity index (χ1) is 10.7. The summed E-state index contributed by atoms with van der Waals surface area (Å²) in [6, 6.07) is 25.4. The molecule has 3 rings (SSSR count). The second-order valence-electron chi connectivity index (χ2n) is 4.55. The third kappa shape index (κ3) is 4.31. The molecule has 0 nitrogen and oxygen atoms in total. The van der Waals surface area contributed by atoms with Crippen molar-refractivity contribution < 1.29 is 0 Å². The molecule has 0 saturated carbocycles. The average molecular weight is 499 g/mol. The van der Waals surface area contributed by atoms with E-state index in [2.05, 4.69) is 99.2 Å². The number of rotatable bonds is 4. The zero-order valence-electron chi connectivity index (χ0n) is 11.5. The summed E-state index contributed by atoms with van der Waals surface area (Å²) in [4.78, 5) is 5.07. The SMILES string of the molecule is Brc1cc(Sc2ccccc2)c(I)c(Sc2ccccc2)c1. The van der Waals surface area contributed by atoms with Gasteiger partial charge in [0.2, 0.25) is 0 Å². The molecule has 0 saturated heterocycles. The molecule has 0 N–H and O–H groups in total. The summed E-state index contributed by atoms with van der Waals surface area (Å²) in [6.45, 7) is 0. The maximum atomic E-state index is 3.64. The standard InChI is InChI=1S/C18H12BrIS2/c19-13-11-16(21-14-7-3-1-4-8-14)18(20)17(12-13)22-15-9-5-2-6-10-15/h1-12H. The summed E-state index contributed by atoms with van der Waals surface area (Å²) in [5.41, 5.74) is 0. The van der Waals surface area contributed by atoms with Crippen LogP contribution in [0.25, 0.3) is 0 Å². The monoisotopic (exact) mass is 498 g/mol. The lowest BCUT2D eigenvalue weighted by molar-refractivity contribution is 1.24. The maximum Gasteiger partial charge on any atom is 0.0410 e. The molecule has 0 radical (unpaired) electrons. The molecule has 0 aliphatic carbocycles. The molecular weight excluding hydrogens is 487 g/mol. The highest BCUT2D eigenvalue weighted by atomic mass is 127. The molecule has 22 heavy (non-hydrogen) atoms. The van der Waals surface area contributed by atoms with Gasteiger partial charge in [0, 0.05) is 27.6 Å². The van der Waals surface area contributed by atoms with Crippen LogP contribution in [0.5, 0.6) is 0 Å². The van der Waals surface area contributed by atoms with Gasteiger partial charge in [-0.1, -0.05) is 75.9 Å². The molecule has 110 valence electrons. The summed E-state index contributed by atoms with van der Waals surface area (Å²) >= 11 is 9.70. The highest BCUT2D eigenvalue weighted by Crippen LogP contribution is 2.40. The van der Waals surface area contributed by atoms with E-state index in [1.807, 2.05) is 12.1 Å². The summed E-state index contributed by atoms with van der Waals surface area (Å²) in [7, 11) is 0. The normalized spacial score (nSPS) is 10.6. The van der Waals surface area contributed by atoms with Crippen molar-refractivity contribution in [1.82, 2.24) is 0 Å². The van der Waals surface area contributed by atoms with Crippen LogP contribution in [0.1, 0.15) is 0 Å². The van der Waals surface area contributed by atoms with E-state index < -0.39 is 0 Å². The van der Waals surface area contributed by atoms with Crippen molar-refractivity contribution in [2.45, 2.75) is 19.6 Å². The van der Waals surface area contributed by atoms with Crippen molar-refractivity contribution in [1.29, 1.82) is 0 Å². The Morgan fingerprint density at radius 3 is 1.50 bits per heavy atom. The lowest BCUT2D eigenvalue weighted by atomic mass is 10.4. The van der Waals surface area contributed by atoms with Crippen molar-refractivity contribution in [3.05, 3.63) is 80.8 Å². The van der Waals surface area contributed by atoms with Gasteiger partial charge in [0.1, 0.15) is 0 Å². The average Bonchev–Trinajstić information content (AvgIpc) is 2.54. The van der Waals surface area contributed by atoms with E-state index in [0.717, 1.165) is 4.47 Å². The topological polar surface area (TPSA) is 0 Å². The zero-order valence-corrected chi connectivity index (χ0v) is 16.9. The van der Waals surface area contributed by atoms with Crippen LogP contribution in [0.4, 0.5) is 0 Å². The molecule has 3 aromatic carbocycles. The van der Waals surface area contributed by atoms with Crippen molar-refractivity contribution in [3.8, 4) is 0 Å². The fourth-order valence-corrected chi connectivity index (χ4v) is 5.58. The van der Waals surface area contributed by atoms with Crippen molar-refractivity contribution in [2.24, 2.45) is 0 Å². The Morgan fingerprint density at radius 1 is 0.682 bits per heavy atom. The highest BCUT2D eigenvalue weighted by molar-refractivity contribution is 14.1. The first kappa shape index (κ1) is 16.4. The number of hydrogen-bond donors (Lipinski definition) is 0. The Labute approximate surface area is 161 Å². The number of hydrogen-bond acceptors (Lipinski definition) is 2. The molecule has 0 aliphatic heterocycles. The predicted molar refractivity (Wildman–Crippen MR) is 108 cm³/mol. The van der Waals surface area contributed by atoms with Gasteiger partial charge >= 0.3 is 0 Å². The Kier molecular flexibility index (Phi) is 5.90. The van der Waals surface area contributed by atoms with E-state index in [-0.39, 0.29) is 0 Å². The second kappa shape index (κ2) is 7.90. The van der Waals surface area contributed by atoms with Crippen molar-refractivity contribution >= 4 is 62.0 Å². The molecular formula is C18H12BrIS2. The third-order valence-electron chi connectivity index (χ3n) is 2.91. The van der Waals surface area contributed by atoms with Crippen LogP contribution in [0.3, 0.4) is 0 Å². The fourth-order valence-electron chi connectivity index (χ4n) is 1.92. The molecule has 4 heteroatoms. The van der Waals surface area contributed by atoms with E-state index in [1.165, 1.54) is 23.2 Å². The zero-order chi connectivity index (χ0) is 15.4. The van der Waals surface area contributed by atoms with Crippen LogP contribution in [0.2, 0.25) is 0 Å². The van der Waals surface area contributed by atoms with Crippen LogP contribution in [0, 0.1) is 3.57 Å². The number of benzene rings is 3. The molecule has 0 bridgehead atoms. The van der Waals surface area contributed by atoms with E-state index in [0.29, 0.717) is 0 Å². The van der Waals surface area contributed by atoms with Gasteiger partial charge in [0.25, 0.3) is 0 Å². The Morgan fingerprint density at radius 2 is 1.09 bits per heavy atom. The van der Waals surface area contributed by atoms with Crippen LogP contribution < -0.4 is 0 Å². The minimum atomic E-state index is 1.12. The lowest BCUT2D eigenvalue weighted by Gasteiger charge is -2.11. The first-order valence-corrected chi connectivity index (χ1v) is 10.2. The molecule has 0 spiro atoms. The largest absolute Gasteiger partial charge is 0.0889 e. The Hall–Kier alpha value is -0.430. The minimum absolute atomic E-state index is 1.12. The molecule has 0 unspecified atom stereocenters. The molecule has 0 heterocycles. The summed E-state index contributed by atoms with van der Waals surface area (Å²) < 4.78 is 2.41. The summed E-state index contributed by atoms with van der Waals surface area (Å²) in [5, 5.41) is 0. The second-order valence-corrected chi connectivity index (χ2v) is 8.77. The number of halogens is 2. The summed E-state index contributed by atoms with van der Waals surface area (Å²) in [5.74, 6) is 0. The van der Waals surface area contributed by atoms with Crippen LogP contribution in [-0.4, -0.2) is 0 Å². The highest BCUT2D eigenvalue weighted by Gasteiger charge is 2.10. The van der Waals surface area contributed by atoms with Gasteiger partial charge < -0.3 is 0 Å². The molecule has 3 aromatic rings. The molecule has 0 aliphatic rings. The van der Waals surface area contributed by atoms with Crippen LogP contribution in [0.15, 0.2) is 96.9 Å². The van der Waals surface area contributed by atoms with Crippen LogP contribution >= 0.6 is 62.0 Å². The van der Waals surface area contributed by atoms with E-state index in [9.17, 15) is 0 Å². The van der Waals surface area contributed by atoms with Gasteiger partial charge in [-0.3, -0.25) is 0 Å². The van der Waals surface area contributed by atoms with Crippen molar-refractivity contribution in [2.75, 3.05) is 0 Å². The minimum Gasteiger partial charge on any atom is -0.0889 e. The predicted octanol–water partition coefficient (Wildman–Crippen LogP) is 7.36. The smallest absolute Gasteiger partial charge is 0.0410 e. The molecule has 0 atom stereocenters. The quantitative estimate of drug-likeness (QED) is 0.344. The Bertz CT molecular complexity index is 698. The van der Waals surface area contributed by atoms with Gasteiger partial charge in [0.15, 0.2) is 0 Å². The fraction of sp³-hybridized carbons (Fsp3) is 0. The molecule has 0 aromatic heterocycles. The van der Waals surface area contributed by atoms with Gasteiger partial charge in [-0.15, -0.1) is 0 Å². The van der Waals surface area contributed by atoms with Gasteiger partial charge in [-0.2, -0.15) is 0 Å². The summed E-state index contributed by atoms with van der Waals surface area (Å²) in [6.07, 6.45) is 0. The molecule has 0 fully saturated rings. The lowest BCUT2D eigenvalue weighted by Crippen LogP contribution is -1.85. The van der Waals surface area contributed by atoms with Gasteiger partial charge in [-0.25, -0.2) is 0 Å². The van der Waals surface area contributed by atoms with Gasteiger partial charge in [-0.05, 0) is 59.0 Å². The van der Waals surface area contributed by atoms with E-state index in [1.54, 1.807) is 23.5 Å². The van der Waals surface area contributed by atoms with Crippen molar-refractivity contribution in [3.63, 3.8) is 0 Å². The van der Waals surface area contributed by atoms with Gasteiger partial charge in [0.05, 0.1) is 0 Å². The third-order valence-corrected chi connectivity index (χ3v) is 7.36. The Balaban J connectivity index is 1.92. The van der Waals surface area contributed by atoms with Crippen LogP contribution in [-0.2, 0) is 0 Å². The van der Waals surface area contributed by atoms with E-state index in [4.69, 9.17) is 0 Å². The maximum absolute atomic E-state index is 3.64. The molecule has 0 amide bonds.